The second kappa shape index (κ2) is 18.9. The zero-order valence-electron chi connectivity index (χ0n) is 27.1. The van der Waals surface area contributed by atoms with Gasteiger partial charge in [0.15, 0.2) is 0 Å². The number of rotatable bonds is 4. The van der Waals surface area contributed by atoms with Crippen molar-refractivity contribution in [1.29, 1.82) is 0 Å². The summed E-state index contributed by atoms with van der Waals surface area (Å²) in [6, 6.07) is 28.6. The third-order valence-electron chi connectivity index (χ3n) is 8.02. The van der Waals surface area contributed by atoms with Gasteiger partial charge in [-0.15, -0.1) is 23.0 Å². The van der Waals surface area contributed by atoms with E-state index in [9.17, 15) is 20.4 Å². The van der Waals surface area contributed by atoms with Crippen LogP contribution in [0.1, 0.15) is 47.9 Å². The van der Waals surface area contributed by atoms with Crippen LogP contribution in [0.5, 0.6) is 23.0 Å². The zero-order valence-corrected chi connectivity index (χ0v) is 28.7. The van der Waals surface area contributed by atoms with Crippen LogP contribution in [0, 0.1) is 0 Å². The van der Waals surface area contributed by atoms with E-state index in [4.69, 9.17) is 0 Å². The maximum atomic E-state index is 11.3. The van der Waals surface area contributed by atoms with Crippen LogP contribution in [-0.2, 0) is 21.7 Å². The molecule has 4 aromatic rings. The summed E-state index contributed by atoms with van der Waals surface area (Å²) in [6.45, 7) is 0. The van der Waals surface area contributed by atoms with Gasteiger partial charge in [-0.05, 0) is 70.2 Å². The molecule has 0 saturated carbocycles. The van der Waals surface area contributed by atoms with E-state index in [1.165, 1.54) is 0 Å². The molecule has 5 heteroatoms. The van der Waals surface area contributed by atoms with Crippen LogP contribution in [0.25, 0.3) is 22.3 Å². The van der Waals surface area contributed by atoms with Crippen molar-refractivity contribution in [2.45, 2.75) is 25.7 Å². The van der Waals surface area contributed by atoms with E-state index in [-0.39, 0.29) is 44.7 Å². The smallest absolute Gasteiger partial charge is 0.872 e. The molecule has 0 unspecified atom stereocenters. The quantitative estimate of drug-likeness (QED) is 0.203. The first-order chi connectivity index (χ1) is 23.5. The second-order valence-corrected chi connectivity index (χ2v) is 11.3. The Hall–Kier alpha value is -5.29. The van der Waals surface area contributed by atoms with Gasteiger partial charge in [-0.3, -0.25) is 0 Å². The molecular formula is C44H36O4Ti. The first-order valence-corrected chi connectivity index (χ1v) is 16.0. The number of hydrogen-bond donors (Lipinski definition) is 0. The molecule has 4 aliphatic rings. The molecule has 0 amide bonds. The standard InChI is InChI=1S/4C11H10O.Ti/c4*12-11-8-4-3-7-10(11)9-5-1-2-6-9;/h4*1-5,7-8,12H,6H2;/q;;;;+4/p-4. The molecule has 8 rings (SSSR count). The molecule has 240 valence electrons. The monoisotopic (exact) mass is 676 g/mol. The number of benzene rings is 4. The Labute approximate surface area is 304 Å². The average Bonchev–Trinajstić information content (AvgIpc) is 3.95. The van der Waals surface area contributed by atoms with Crippen LogP contribution in [0.15, 0.2) is 170 Å². The third kappa shape index (κ3) is 10.3. The molecule has 4 aliphatic carbocycles. The fraction of sp³-hybridized carbons (Fsp3) is 0.0909. The molecule has 0 bridgehead atoms. The SMILES string of the molecule is [O-]c1ccccc1C1=CC=CC1.[O-]c1ccccc1C1=CC=CC1.[O-]c1ccccc1C1=CC=CC1.[O-]c1ccccc1C1=CC=CC1.[Ti+4]. The first-order valence-electron chi connectivity index (χ1n) is 16.0. The van der Waals surface area contributed by atoms with E-state index in [0.29, 0.717) is 0 Å². The van der Waals surface area contributed by atoms with Crippen molar-refractivity contribution in [3.8, 4) is 23.0 Å². The van der Waals surface area contributed by atoms with Crippen LogP contribution in [0.2, 0.25) is 0 Å². The van der Waals surface area contributed by atoms with Crippen molar-refractivity contribution < 1.29 is 42.1 Å². The van der Waals surface area contributed by atoms with E-state index in [1.807, 2.05) is 97.1 Å². The molecule has 0 radical (unpaired) electrons. The van der Waals surface area contributed by atoms with Gasteiger partial charge in [0.1, 0.15) is 0 Å². The fourth-order valence-corrected chi connectivity index (χ4v) is 5.52. The van der Waals surface area contributed by atoms with Crippen molar-refractivity contribution in [3.63, 3.8) is 0 Å². The fourth-order valence-electron chi connectivity index (χ4n) is 5.52. The molecule has 4 aromatic carbocycles. The van der Waals surface area contributed by atoms with Gasteiger partial charge in [-0.1, -0.05) is 170 Å². The van der Waals surface area contributed by atoms with E-state index in [1.54, 1.807) is 48.5 Å². The summed E-state index contributed by atoms with van der Waals surface area (Å²) < 4.78 is 0. The normalized spacial score (nSPS) is 14.5. The summed E-state index contributed by atoms with van der Waals surface area (Å²) in [4.78, 5) is 0. The van der Waals surface area contributed by atoms with Gasteiger partial charge in [-0.25, -0.2) is 0 Å². The minimum atomic E-state index is 0. The minimum absolute atomic E-state index is 0. The van der Waals surface area contributed by atoms with Gasteiger partial charge in [-0.2, -0.15) is 0 Å². The van der Waals surface area contributed by atoms with Crippen LogP contribution in [-0.4, -0.2) is 0 Å². The Morgan fingerprint density at radius 3 is 0.673 bits per heavy atom. The van der Waals surface area contributed by atoms with Gasteiger partial charge >= 0.3 is 21.7 Å². The number of hydrogen-bond acceptors (Lipinski definition) is 4. The Morgan fingerprint density at radius 2 is 0.510 bits per heavy atom. The Morgan fingerprint density at radius 1 is 0.306 bits per heavy atom. The van der Waals surface area contributed by atoms with E-state index >= 15 is 0 Å². The Balaban J connectivity index is 0.000000146. The zero-order chi connectivity index (χ0) is 33.6. The van der Waals surface area contributed by atoms with Crippen LogP contribution >= 0.6 is 0 Å². The summed E-state index contributed by atoms with van der Waals surface area (Å²) in [5, 5.41) is 45.4. The van der Waals surface area contributed by atoms with Gasteiger partial charge < -0.3 is 20.4 Å². The molecule has 0 N–H and O–H groups in total. The topological polar surface area (TPSA) is 92.2 Å². The van der Waals surface area contributed by atoms with E-state index < -0.39 is 0 Å². The largest absolute Gasteiger partial charge is 4.00 e. The maximum Gasteiger partial charge on any atom is 4.00 e. The van der Waals surface area contributed by atoms with Gasteiger partial charge in [0.2, 0.25) is 0 Å². The Kier molecular flexibility index (Phi) is 14.1. The Bertz CT molecular complexity index is 1680. The molecule has 0 spiro atoms. The van der Waals surface area contributed by atoms with Gasteiger partial charge in [0.05, 0.1) is 0 Å². The van der Waals surface area contributed by atoms with Crippen molar-refractivity contribution >= 4 is 22.3 Å². The van der Waals surface area contributed by atoms with Crippen molar-refractivity contribution in [2.24, 2.45) is 0 Å². The molecule has 0 aliphatic heterocycles. The second-order valence-electron chi connectivity index (χ2n) is 11.3. The molecule has 0 heterocycles. The number of para-hydroxylation sites is 4. The van der Waals surface area contributed by atoms with Crippen molar-refractivity contribution in [2.75, 3.05) is 0 Å². The molecule has 0 aromatic heterocycles. The van der Waals surface area contributed by atoms with Crippen LogP contribution in [0.3, 0.4) is 0 Å². The first kappa shape index (κ1) is 36.5. The predicted octanol–water partition coefficient (Wildman–Crippen LogP) is 8.41. The van der Waals surface area contributed by atoms with E-state index in [2.05, 4.69) is 24.3 Å². The summed E-state index contributed by atoms with van der Waals surface area (Å²) in [6.07, 6.45) is 27.7. The maximum absolute atomic E-state index is 11.3. The summed E-state index contributed by atoms with van der Waals surface area (Å²) in [5.41, 5.74) is 7.84. The van der Waals surface area contributed by atoms with Gasteiger partial charge in [0, 0.05) is 0 Å². The molecule has 0 saturated heterocycles. The predicted molar refractivity (Wildman–Crippen MR) is 190 cm³/mol. The van der Waals surface area contributed by atoms with Crippen molar-refractivity contribution in [1.82, 2.24) is 0 Å². The van der Waals surface area contributed by atoms with Crippen molar-refractivity contribution in [3.05, 3.63) is 192 Å². The summed E-state index contributed by atoms with van der Waals surface area (Å²) in [5.74, 6) is 0.472. The molecule has 4 nitrogen and oxygen atoms in total. The van der Waals surface area contributed by atoms with E-state index in [0.717, 1.165) is 70.2 Å². The minimum Gasteiger partial charge on any atom is -0.872 e. The average molecular weight is 677 g/mol. The summed E-state index contributed by atoms with van der Waals surface area (Å²) >= 11 is 0. The van der Waals surface area contributed by atoms with Crippen LogP contribution in [0.4, 0.5) is 0 Å². The molecule has 0 atom stereocenters. The molecule has 0 fully saturated rings. The molecule has 49 heavy (non-hydrogen) atoms. The third-order valence-corrected chi connectivity index (χ3v) is 8.02. The number of allylic oxidation sites excluding steroid dienone is 16. The molecular weight excluding hydrogens is 640 g/mol. The van der Waals surface area contributed by atoms with Crippen LogP contribution < -0.4 is 20.4 Å². The van der Waals surface area contributed by atoms with Gasteiger partial charge in [0.25, 0.3) is 0 Å². The summed E-state index contributed by atoms with van der Waals surface area (Å²) in [7, 11) is 0.